The van der Waals surface area contributed by atoms with E-state index < -0.39 is 17.6 Å². The molecule has 5 heteroatoms. The van der Waals surface area contributed by atoms with Crippen LogP contribution < -0.4 is 5.73 Å². The molecule has 18 heavy (non-hydrogen) atoms. The number of carboxylic acids is 1. The summed E-state index contributed by atoms with van der Waals surface area (Å²) in [5.74, 6) is -0.472. The quantitative estimate of drug-likeness (QED) is 0.781. The molecule has 3 unspecified atom stereocenters. The zero-order valence-electron chi connectivity index (χ0n) is 11.1. The van der Waals surface area contributed by atoms with Crippen LogP contribution in [0.4, 0.5) is 0 Å². The van der Waals surface area contributed by atoms with Crippen LogP contribution in [0.2, 0.25) is 0 Å². The van der Waals surface area contributed by atoms with Gasteiger partial charge in [0.15, 0.2) is 0 Å². The molecule has 0 aromatic heterocycles. The van der Waals surface area contributed by atoms with E-state index in [-0.39, 0.29) is 18.2 Å². The second-order valence-corrected chi connectivity index (χ2v) is 6.35. The summed E-state index contributed by atoms with van der Waals surface area (Å²) in [5.41, 5.74) is 5.26. The number of likely N-dealkylation sites (tertiary alicyclic amines) is 1. The number of rotatable bonds is 3. The molecule has 5 nitrogen and oxygen atoms in total. The predicted octanol–water partition coefficient (Wildman–Crippen LogP) is 0.825. The normalized spacial score (nSPS) is 31.5. The molecule has 1 aliphatic heterocycles. The minimum Gasteiger partial charge on any atom is -0.480 e. The van der Waals surface area contributed by atoms with Crippen molar-refractivity contribution >= 4 is 11.9 Å². The molecule has 0 bridgehead atoms. The summed E-state index contributed by atoms with van der Waals surface area (Å²) in [6.07, 6.45) is 3.27. The summed E-state index contributed by atoms with van der Waals surface area (Å²) < 4.78 is 0. The molecule has 0 aromatic carbocycles. The number of nitrogens with zero attached hydrogens (tertiary/aromatic N) is 1. The van der Waals surface area contributed by atoms with Crippen molar-refractivity contribution in [2.24, 2.45) is 17.6 Å². The summed E-state index contributed by atoms with van der Waals surface area (Å²) in [6, 6.07) is -0.632. The van der Waals surface area contributed by atoms with Gasteiger partial charge < -0.3 is 15.7 Å². The molecular weight excluding hydrogens is 232 g/mol. The van der Waals surface area contributed by atoms with Gasteiger partial charge in [0.1, 0.15) is 6.04 Å². The van der Waals surface area contributed by atoms with E-state index in [0.717, 1.165) is 19.3 Å². The second-order valence-electron chi connectivity index (χ2n) is 6.35. The van der Waals surface area contributed by atoms with E-state index in [1.807, 2.05) is 0 Å². The van der Waals surface area contributed by atoms with Crippen LogP contribution in [-0.4, -0.2) is 40.0 Å². The van der Waals surface area contributed by atoms with Gasteiger partial charge in [-0.1, -0.05) is 6.42 Å². The lowest BCUT2D eigenvalue weighted by atomic mass is 9.94. The molecule has 2 rings (SSSR count). The molecule has 1 saturated heterocycles. The number of amides is 1. The zero-order valence-corrected chi connectivity index (χ0v) is 11.1. The first-order valence-corrected chi connectivity index (χ1v) is 6.61. The van der Waals surface area contributed by atoms with Crippen molar-refractivity contribution in [3.63, 3.8) is 0 Å². The van der Waals surface area contributed by atoms with E-state index in [1.165, 1.54) is 0 Å². The average Bonchev–Trinajstić information content (AvgIpc) is 2.70. The van der Waals surface area contributed by atoms with Crippen molar-refractivity contribution in [2.45, 2.75) is 51.1 Å². The van der Waals surface area contributed by atoms with E-state index in [0.29, 0.717) is 12.5 Å². The fourth-order valence-electron chi connectivity index (χ4n) is 3.37. The summed E-state index contributed by atoms with van der Waals surface area (Å²) in [4.78, 5) is 25.1. The van der Waals surface area contributed by atoms with Crippen molar-refractivity contribution in [3.05, 3.63) is 0 Å². The third kappa shape index (κ3) is 2.51. The van der Waals surface area contributed by atoms with Gasteiger partial charge in [0.25, 0.3) is 0 Å². The van der Waals surface area contributed by atoms with Crippen molar-refractivity contribution in [1.82, 2.24) is 4.90 Å². The number of hydrogen-bond donors (Lipinski definition) is 2. The molecule has 0 aromatic rings. The van der Waals surface area contributed by atoms with E-state index >= 15 is 0 Å². The van der Waals surface area contributed by atoms with E-state index in [9.17, 15) is 14.7 Å². The fourth-order valence-corrected chi connectivity index (χ4v) is 3.37. The number of carboxylic acid groups (broad SMARTS) is 1. The third-order valence-corrected chi connectivity index (χ3v) is 4.07. The maximum absolute atomic E-state index is 12.2. The van der Waals surface area contributed by atoms with E-state index in [1.54, 1.807) is 18.7 Å². The van der Waals surface area contributed by atoms with Gasteiger partial charge >= 0.3 is 5.97 Å². The van der Waals surface area contributed by atoms with Gasteiger partial charge in [-0.3, -0.25) is 4.79 Å². The van der Waals surface area contributed by atoms with Crippen LogP contribution >= 0.6 is 0 Å². The molecule has 1 amide bonds. The lowest BCUT2D eigenvalue weighted by molar-refractivity contribution is -0.150. The van der Waals surface area contributed by atoms with Crippen LogP contribution in [0.3, 0.4) is 0 Å². The lowest BCUT2D eigenvalue weighted by Gasteiger charge is -2.27. The van der Waals surface area contributed by atoms with Gasteiger partial charge in [0, 0.05) is 18.5 Å². The van der Waals surface area contributed by atoms with Crippen molar-refractivity contribution < 1.29 is 14.7 Å². The van der Waals surface area contributed by atoms with Crippen LogP contribution in [0.5, 0.6) is 0 Å². The highest BCUT2D eigenvalue weighted by molar-refractivity contribution is 5.85. The molecule has 2 fully saturated rings. The van der Waals surface area contributed by atoms with Gasteiger partial charge in [0.2, 0.25) is 5.91 Å². The maximum Gasteiger partial charge on any atom is 0.326 e. The van der Waals surface area contributed by atoms with Gasteiger partial charge in [-0.2, -0.15) is 0 Å². The van der Waals surface area contributed by atoms with Crippen LogP contribution in [0.15, 0.2) is 0 Å². The first kappa shape index (κ1) is 13.3. The van der Waals surface area contributed by atoms with Crippen LogP contribution in [0.1, 0.15) is 39.5 Å². The Morgan fingerprint density at radius 1 is 1.39 bits per heavy atom. The highest BCUT2D eigenvalue weighted by Crippen LogP contribution is 2.42. The number of aliphatic carboxylic acids is 1. The zero-order chi connectivity index (χ0) is 13.5. The molecule has 3 N–H and O–H groups in total. The van der Waals surface area contributed by atoms with Gasteiger partial charge in [0.05, 0.1) is 0 Å². The summed E-state index contributed by atoms with van der Waals surface area (Å²) in [5, 5.41) is 9.35. The largest absolute Gasteiger partial charge is 0.480 e. The van der Waals surface area contributed by atoms with Crippen LogP contribution in [0, 0.1) is 11.8 Å². The Morgan fingerprint density at radius 2 is 2.06 bits per heavy atom. The molecular formula is C13H22N2O3. The Kier molecular flexibility index (Phi) is 3.36. The number of nitrogens with two attached hydrogens (primary N) is 1. The standard InChI is InChI=1S/C13H22N2O3/c1-13(2,14)6-10(16)15-7-8-4-3-5-9(8)11(15)12(17)18/h8-9,11H,3-7,14H2,1-2H3,(H,17,18). The number of carbonyl (C=O) groups excluding carboxylic acids is 1. The Bertz CT molecular complexity index is 362. The fraction of sp³-hybridized carbons (Fsp3) is 0.846. The molecule has 2 aliphatic rings. The Hall–Kier alpha value is -1.10. The van der Waals surface area contributed by atoms with E-state index in [2.05, 4.69) is 0 Å². The second kappa shape index (κ2) is 4.53. The molecule has 0 spiro atoms. The van der Waals surface area contributed by atoms with Gasteiger partial charge in [-0.15, -0.1) is 0 Å². The first-order chi connectivity index (χ1) is 8.29. The van der Waals surface area contributed by atoms with Gasteiger partial charge in [-0.25, -0.2) is 4.79 Å². The van der Waals surface area contributed by atoms with E-state index in [4.69, 9.17) is 5.73 Å². The number of carbonyl (C=O) groups is 2. The Labute approximate surface area is 107 Å². The lowest BCUT2D eigenvalue weighted by Crippen LogP contribution is -2.47. The van der Waals surface area contributed by atoms with Crippen molar-refractivity contribution in [3.8, 4) is 0 Å². The third-order valence-electron chi connectivity index (χ3n) is 4.07. The number of fused-ring (bicyclic) bond motifs is 1. The molecule has 1 aliphatic carbocycles. The molecule has 102 valence electrons. The summed E-state index contributed by atoms with van der Waals surface area (Å²) >= 11 is 0. The van der Waals surface area contributed by atoms with Crippen LogP contribution in [0.25, 0.3) is 0 Å². The Morgan fingerprint density at radius 3 is 2.61 bits per heavy atom. The smallest absolute Gasteiger partial charge is 0.326 e. The molecule has 1 heterocycles. The minimum absolute atomic E-state index is 0.121. The number of hydrogen-bond acceptors (Lipinski definition) is 3. The molecule has 0 radical (unpaired) electrons. The highest BCUT2D eigenvalue weighted by Gasteiger charge is 2.49. The van der Waals surface area contributed by atoms with Crippen LogP contribution in [-0.2, 0) is 9.59 Å². The SMILES string of the molecule is CC(C)(N)CC(=O)N1CC2CCCC2C1C(=O)O. The minimum atomic E-state index is -0.868. The predicted molar refractivity (Wildman–Crippen MR) is 66.9 cm³/mol. The summed E-state index contributed by atoms with van der Waals surface area (Å²) in [6.45, 7) is 4.17. The average molecular weight is 254 g/mol. The highest BCUT2D eigenvalue weighted by atomic mass is 16.4. The van der Waals surface area contributed by atoms with Crippen molar-refractivity contribution in [2.75, 3.05) is 6.54 Å². The maximum atomic E-state index is 12.2. The van der Waals surface area contributed by atoms with Gasteiger partial charge in [-0.05, 0) is 38.5 Å². The monoisotopic (exact) mass is 254 g/mol. The molecule has 1 saturated carbocycles. The summed E-state index contributed by atoms with van der Waals surface area (Å²) in [7, 11) is 0. The first-order valence-electron chi connectivity index (χ1n) is 6.61. The Balaban J connectivity index is 2.12. The topological polar surface area (TPSA) is 83.6 Å². The van der Waals surface area contributed by atoms with Crippen molar-refractivity contribution in [1.29, 1.82) is 0 Å². The molecule has 3 atom stereocenters.